The van der Waals surface area contributed by atoms with E-state index < -0.39 is 0 Å². The maximum atomic E-state index is 11.9. The Labute approximate surface area is 112 Å². The number of carbonyl (C=O) groups is 2. The van der Waals surface area contributed by atoms with Crippen LogP contribution < -0.4 is 0 Å². The average Bonchev–Trinajstić information content (AvgIpc) is 2.81. The molecule has 3 nitrogen and oxygen atoms in total. The topological polar surface area (TPSA) is 37.4 Å². The number of benzene rings is 1. The summed E-state index contributed by atoms with van der Waals surface area (Å²) in [4.78, 5) is 25.3. The molecule has 1 aliphatic carbocycles. The molecule has 2 amide bonds. The van der Waals surface area contributed by atoms with Gasteiger partial charge in [0.05, 0.1) is 6.04 Å². The van der Waals surface area contributed by atoms with Gasteiger partial charge in [-0.1, -0.05) is 32.0 Å². The van der Waals surface area contributed by atoms with Crippen LogP contribution in [0, 0.1) is 12.8 Å². The number of hydrogen-bond acceptors (Lipinski definition) is 2. The summed E-state index contributed by atoms with van der Waals surface area (Å²) in [5.41, 5.74) is 3.67. The van der Waals surface area contributed by atoms with Gasteiger partial charge < -0.3 is 0 Å². The maximum Gasteiger partial charge on any atom is 0.254 e. The molecule has 1 aromatic carbocycles. The molecule has 0 unspecified atom stereocenters. The Kier molecular flexibility index (Phi) is 2.59. The van der Waals surface area contributed by atoms with Crippen LogP contribution in [0.1, 0.15) is 42.5 Å². The minimum absolute atomic E-state index is 0.125. The van der Waals surface area contributed by atoms with Crippen LogP contribution in [0.3, 0.4) is 0 Å². The molecule has 3 rings (SSSR count). The lowest BCUT2D eigenvalue weighted by Crippen LogP contribution is -2.36. The van der Waals surface area contributed by atoms with E-state index in [1.807, 2.05) is 12.1 Å². The van der Waals surface area contributed by atoms with Crippen LogP contribution in [0.2, 0.25) is 0 Å². The number of hydrogen-bond donors (Lipinski definition) is 0. The molecule has 1 heterocycles. The lowest BCUT2D eigenvalue weighted by atomic mass is 9.92. The van der Waals surface area contributed by atoms with Crippen LogP contribution in [0.15, 0.2) is 30.4 Å². The van der Waals surface area contributed by atoms with Gasteiger partial charge in [-0.15, -0.1) is 0 Å². The predicted molar refractivity (Wildman–Crippen MR) is 72.5 cm³/mol. The number of rotatable bonds is 1. The number of carbonyl (C=O) groups excluding carboxylic acids is 2. The molecule has 0 radical (unpaired) electrons. The highest BCUT2D eigenvalue weighted by molar-refractivity contribution is 6.13. The Morgan fingerprint density at radius 3 is 2.32 bits per heavy atom. The fourth-order valence-corrected chi connectivity index (χ4v) is 3.46. The minimum atomic E-state index is -0.191. The van der Waals surface area contributed by atoms with E-state index in [9.17, 15) is 9.59 Å². The quantitative estimate of drug-likeness (QED) is 0.723. The zero-order valence-electron chi connectivity index (χ0n) is 11.4. The van der Waals surface area contributed by atoms with Gasteiger partial charge in [0.25, 0.3) is 11.8 Å². The van der Waals surface area contributed by atoms with E-state index in [0.29, 0.717) is 5.92 Å². The van der Waals surface area contributed by atoms with E-state index in [0.717, 1.165) is 5.56 Å². The fourth-order valence-electron chi connectivity index (χ4n) is 3.46. The first-order valence-electron chi connectivity index (χ1n) is 6.67. The summed E-state index contributed by atoms with van der Waals surface area (Å²) < 4.78 is 0. The normalized spacial score (nSPS) is 29.2. The van der Waals surface area contributed by atoms with E-state index >= 15 is 0 Å². The fraction of sp³-hybridized carbons (Fsp3) is 0.375. The largest absolute Gasteiger partial charge is 0.269 e. The van der Waals surface area contributed by atoms with Crippen LogP contribution in [-0.2, 0) is 9.59 Å². The summed E-state index contributed by atoms with van der Waals surface area (Å²) in [6, 6.07) is 6.02. The zero-order chi connectivity index (χ0) is 13.7. The molecule has 2 aliphatic rings. The third-order valence-electron chi connectivity index (χ3n) is 4.54. The molecule has 0 aromatic heterocycles. The monoisotopic (exact) mass is 255 g/mol. The van der Waals surface area contributed by atoms with Gasteiger partial charge in [0, 0.05) is 12.2 Å². The summed E-state index contributed by atoms with van der Waals surface area (Å²) in [6.07, 6.45) is 2.74. The Balaban J connectivity index is 2.12. The summed E-state index contributed by atoms with van der Waals surface area (Å²) in [5, 5.41) is 0. The molecule has 0 spiro atoms. The second kappa shape index (κ2) is 4.05. The number of imide groups is 1. The van der Waals surface area contributed by atoms with Gasteiger partial charge in [-0.2, -0.15) is 0 Å². The van der Waals surface area contributed by atoms with Gasteiger partial charge in [0.1, 0.15) is 0 Å². The SMILES string of the molecule is Cc1cccc2c1[C@@H](C)[C@H](C)[C@@H]2N1C(=O)C=CC1=O. The predicted octanol–water partition coefficient (Wildman–Crippen LogP) is 2.71. The van der Waals surface area contributed by atoms with Crippen LogP contribution in [-0.4, -0.2) is 16.7 Å². The second-order valence-electron chi connectivity index (χ2n) is 5.55. The number of aryl methyl sites for hydroxylation is 1. The van der Waals surface area contributed by atoms with Crippen molar-refractivity contribution >= 4 is 11.8 Å². The summed E-state index contributed by atoms with van der Waals surface area (Å²) in [6.45, 7) is 6.39. The molecule has 1 aliphatic heterocycles. The van der Waals surface area contributed by atoms with E-state index in [1.165, 1.54) is 28.2 Å². The standard InChI is InChI=1S/C16H17NO2/c1-9-5-4-6-12-15(9)10(2)11(3)16(12)17-13(18)7-8-14(17)19/h4-8,10-11,16H,1-3H3/t10-,11-,16-/m0/s1. The molecule has 0 fully saturated rings. The molecule has 3 heteroatoms. The first-order valence-corrected chi connectivity index (χ1v) is 6.67. The molecule has 0 N–H and O–H groups in total. The number of nitrogens with zero attached hydrogens (tertiary/aromatic N) is 1. The van der Waals surface area contributed by atoms with Gasteiger partial charge in [0.2, 0.25) is 0 Å². The highest BCUT2D eigenvalue weighted by Crippen LogP contribution is 2.49. The Bertz CT molecular complexity index is 585. The Morgan fingerprint density at radius 1 is 1.05 bits per heavy atom. The van der Waals surface area contributed by atoms with Crippen LogP contribution in [0.5, 0.6) is 0 Å². The first-order chi connectivity index (χ1) is 9.02. The second-order valence-corrected chi connectivity index (χ2v) is 5.55. The van der Waals surface area contributed by atoms with Gasteiger partial charge in [0.15, 0.2) is 0 Å². The summed E-state index contributed by atoms with van der Waals surface area (Å²) >= 11 is 0. The molecule has 98 valence electrons. The first kappa shape index (κ1) is 12.2. The molecular weight excluding hydrogens is 238 g/mol. The highest BCUT2D eigenvalue weighted by Gasteiger charge is 2.44. The van der Waals surface area contributed by atoms with Crippen molar-refractivity contribution in [3.05, 3.63) is 47.0 Å². The minimum Gasteiger partial charge on any atom is -0.269 e. The van der Waals surface area contributed by atoms with Crippen LogP contribution in [0.4, 0.5) is 0 Å². The molecule has 0 bridgehead atoms. The van der Waals surface area contributed by atoms with E-state index in [1.54, 1.807) is 0 Å². The summed E-state index contributed by atoms with van der Waals surface area (Å²) in [7, 11) is 0. The average molecular weight is 255 g/mol. The van der Waals surface area contributed by atoms with Crippen molar-refractivity contribution in [2.75, 3.05) is 0 Å². The third kappa shape index (κ3) is 1.57. The molecule has 3 atom stereocenters. The van der Waals surface area contributed by atoms with Crippen molar-refractivity contribution in [1.82, 2.24) is 4.90 Å². The van der Waals surface area contributed by atoms with Crippen molar-refractivity contribution in [3.63, 3.8) is 0 Å². The van der Waals surface area contributed by atoms with Crippen molar-refractivity contribution in [2.45, 2.75) is 32.7 Å². The van der Waals surface area contributed by atoms with Gasteiger partial charge in [-0.25, -0.2) is 0 Å². The molecule has 1 aromatic rings. The van der Waals surface area contributed by atoms with Crippen molar-refractivity contribution < 1.29 is 9.59 Å². The Hall–Kier alpha value is -1.90. The molecule has 19 heavy (non-hydrogen) atoms. The molecular formula is C16H17NO2. The Morgan fingerprint density at radius 2 is 1.68 bits per heavy atom. The van der Waals surface area contributed by atoms with Crippen molar-refractivity contribution in [3.8, 4) is 0 Å². The van der Waals surface area contributed by atoms with Crippen LogP contribution >= 0.6 is 0 Å². The number of amides is 2. The third-order valence-corrected chi connectivity index (χ3v) is 4.54. The lowest BCUT2D eigenvalue weighted by Gasteiger charge is -2.27. The van der Waals surface area contributed by atoms with E-state index in [-0.39, 0.29) is 23.8 Å². The molecule has 0 saturated carbocycles. The smallest absolute Gasteiger partial charge is 0.254 e. The molecule has 0 saturated heterocycles. The summed E-state index contributed by atoms with van der Waals surface area (Å²) in [5.74, 6) is 0.234. The van der Waals surface area contributed by atoms with Gasteiger partial charge in [-0.3, -0.25) is 14.5 Å². The van der Waals surface area contributed by atoms with Gasteiger partial charge in [-0.05, 0) is 35.4 Å². The van der Waals surface area contributed by atoms with Crippen molar-refractivity contribution in [2.24, 2.45) is 5.92 Å². The van der Waals surface area contributed by atoms with Crippen LogP contribution in [0.25, 0.3) is 0 Å². The lowest BCUT2D eigenvalue weighted by molar-refractivity contribution is -0.140. The highest BCUT2D eigenvalue weighted by atomic mass is 16.2. The zero-order valence-corrected chi connectivity index (χ0v) is 11.4. The van der Waals surface area contributed by atoms with E-state index in [4.69, 9.17) is 0 Å². The maximum absolute atomic E-state index is 11.9. The van der Waals surface area contributed by atoms with Crippen molar-refractivity contribution in [1.29, 1.82) is 0 Å². The number of fused-ring (bicyclic) bond motifs is 1. The van der Waals surface area contributed by atoms with E-state index in [2.05, 4.69) is 26.8 Å². The van der Waals surface area contributed by atoms with Gasteiger partial charge >= 0.3 is 0 Å².